The summed E-state index contributed by atoms with van der Waals surface area (Å²) in [7, 11) is -3.94. The fraction of sp³-hybridized carbons (Fsp3) is 0.231. The predicted molar refractivity (Wildman–Crippen MR) is 142 cm³/mol. The van der Waals surface area contributed by atoms with Crippen molar-refractivity contribution in [2.24, 2.45) is 0 Å². The highest BCUT2D eigenvalue weighted by molar-refractivity contribution is 7.92. The number of hydrogen-bond donors (Lipinski definition) is 1. The largest absolute Gasteiger partial charge is 0.476 e. The van der Waals surface area contributed by atoms with E-state index in [1.54, 1.807) is 59.2 Å². The number of carbonyl (C=O) groups excluding carboxylic acids is 1. The Labute approximate surface area is 212 Å². The molecule has 1 amide bonds. The summed E-state index contributed by atoms with van der Waals surface area (Å²) in [4.78, 5) is 25.5. The number of nitrogens with zero attached hydrogens (tertiary/aromatic N) is 2. The van der Waals surface area contributed by atoms with Gasteiger partial charge in [-0.25, -0.2) is 8.42 Å². The van der Waals surface area contributed by atoms with Crippen LogP contribution in [0.1, 0.15) is 18.1 Å². The molecule has 3 aromatic carbocycles. The molecule has 36 heavy (non-hydrogen) atoms. The third-order valence-electron chi connectivity index (χ3n) is 6.14. The van der Waals surface area contributed by atoms with Crippen LogP contribution < -0.4 is 19.2 Å². The zero-order valence-corrected chi connectivity index (χ0v) is 21.7. The van der Waals surface area contributed by atoms with Crippen LogP contribution in [0.4, 0.5) is 11.4 Å². The van der Waals surface area contributed by atoms with Gasteiger partial charge in [-0.05, 0) is 68.8 Å². The maximum atomic E-state index is 13.6. The molecule has 4 aromatic rings. The number of amides is 1. The Balaban J connectivity index is 1.47. The lowest BCUT2D eigenvalue weighted by molar-refractivity contribution is -0.122. The highest BCUT2D eigenvalue weighted by Gasteiger charge is 2.37. The number of thiazole rings is 1. The van der Waals surface area contributed by atoms with Gasteiger partial charge in [0.25, 0.3) is 15.9 Å². The van der Waals surface area contributed by atoms with Gasteiger partial charge in [0.05, 0.1) is 27.3 Å². The zero-order valence-electron chi connectivity index (χ0n) is 20.0. The Bertz CT molecular complexity index is 1640. The molecule has 1 N–H and O–H groups in total. The SMILES string of the molecule is CCn1c(=O)sc2cc(NC(=O)[C@H]3CN(S(=O)(=O)c4ccc(C)cc4)c4ccc(C)cc4O3)ccc21. The first kappa shape index (κ1) is 24.1. The van der Waals surface area contributed by atoms with Crippen LogP contribution in [-0.4, -0.2) is 31.5 Å². The van der Waals surface area contributed by atoms with Crippen molar-refractivity contribution in [1.82, 2.24) is 4.57 Å². The summed E-state index contributed by atoms with van der Waals surface area (Å²) in [6, 6.07) is 17.1. The average molecular weight is 524 g/mol. The molecule has 0 fully saturated rings. The quantitative estimate of drug-likeness (QED) is 0.421. The Morgan fingerprint density at radius 1 is 1.06 bits per heavy atom. The van der Waals surface area contributed by atoms with E-state index >= 15 is 0 Å². The Kier molecular flexibility index (Phi) is 6.09. The van der Waals surface area contributed by atoms with Crippen LogP contribution in [0.15, 0.2) is 70.4 Å². The molecule has 0 unspecified atom stereocenters. The minimum Gasteiger partial charge on any atom is -0.476 e. The van der Waals surface area contributed by atoms with Gasteiger partial charge in [-0.15, -0.1) is 0 Å². The molecule has 0 bridgehead atoms. The van der Waals surface area contributed by atoms with Gasteiger partial charge in [0, 0.05) is 12.2 Å². The molecule has 5 rings (SSSR count). The van der Waals surface area contributed by atoms with E-state index < -0.39 is 22.0 Å². The van der Waals surface area contributed by atoms with Crippen LogP contribution in [0, 0.1) is 13.8 Å². The molecule has 186 valence electrons. The molecule has 1 aliphatic heterocycles. The Morgan fingerprint density at radius 3 is 2.50 bits per heavy atom. The summed E-state index contributed by atoms with van der Waals surface area (Å²) in [5, 5.41) is 2.83. The van der Waals surface area contributed by atoms with Crippen molar-refractivity contribution >= 4 is 48.9 Å². The normalized spacial score (nSPS) is 15.4. The number of anilines is 2. The van der Waals surface area contributed by atoms with E-state index in [2.05, 4.69) is 5.32 Å². The minimum atomic E-state index is -3.94. The molecule has 0 saturated heterocycles. The number of aromatic nitrogens is 1. The van der Waals surface area contributed by atoms with Gasteiger partial charge in [-0.3, -0.25) is 18.5 Å². The summed E-state index contributed by atoms with van der Waals surface area (Å²) < 4.78 is 36.8. The van der Waals surface area contributed by atoms with Crippen LogP contribution in [-0.2, 0) is 21.4 Å². The highest BCUT2D eigenvalue weighted by Crippen LogP contribution is 2.38. The zero-order chi connectivity index (χ0) is 25.6. The summed E-state index contributed by atoms with van der Waals surface area (Å²) in [6.07, 6.45) is -1.07. The number of carbonyl (C=O) groups is 1. The van der Waals surface area contributed by atoms with Gasteiger partial charge >= 0.3 is 4.87 Å². The number of ether oxygens (including phenoxy) is 1. The van der Waals surface area contributed by atoms with E-state index in [4.69, 9.17) is 4.74 Å². The van der Waals surface area contributed by atoms with Crippen molar-refractivity contribution in [2.45, 2.75) is 38.3 Å². The molecule has 1 atom stereocenters. The fourth-order valence-electron chi connectivity index (χ4n) is 4.23. The molecule has 1 aliphatic rings. The summed E-state index contributed by atoms with van der Waals surface area (Å²) in [6.45, 7) is 6.04. The van der Waals surface area contributed by atoms with Crippen LogP contribution in [0.3, 0.4) is 0 Å². The number of sulfonamides is 1. The van der Waals surface area contributed by atoms with E-state index in [0.717, 1.165) is 32.7 Å². The van der Waals surface area contributed by atoms with Crippen molar-refractivity contribution in [3.05, 3.63) is 81.5 Å². The molecular weight excluding hydrogens is 498 g/mol. The number of nitrogens with one attached hydrogen (secondary N) is 1. The predicted octanol–water partition coefficient (Wildman–Crippen LogP) is 4.29. The van der Waals surface area contributed by atoms with Gasteiger partial charge in [0.1, 0.15) is 5.75 Å². The topological polar surface area (TPSA) is 97.7 Å². The Hall–Kier alpha value is -3.63. The van der Waals surface area contributed by atoms with E-state index in [0.29, 0.717) is 23.7 Å². The van der Waals surface area contributed by atoms with Crippen molar-refractivity contribution in [1.29, 1.82) is 0 Å². The molecule has 0 saturated carbocycles. The molecule has 8 nitrogen and oxygen atoms in total. The van der Waals surface area contributed by atoms with Gasteiger partial charge in [-0.1, -0.05) is 35.1 Å². The maximum Gasteiger partial charge on any atom is 0.308 e. The fourth-order valence-corrected chi connectivity index (χ4v) is 6.70. The second-order valence-corrected chi connectivity index (χ2v) is 11.6. The summed E-state index contributed by atoms with van der Waals surface area (Å²) in [5.74, 6) is -0.154. The summed E-state index contributed by atoms with van der Waals surface area (Å²) in [5.41, 5.74) is 3.52. The molecule has 0 radical (unpaired) electrons. The third kappa shape index (κ3) is 4.27. The second-order valence-electron chi connectivity index (χ2n) is 8.71. The molecule has 0 aliphatic carbocycles. The number of hydrogen-bond acceptors (Lipinski definition) is 6. The first-order valence-corrected chi connectivity index (χ1v) is 13.7. The van der Waals surface area contributed by atoms with E-state index in [1.807, 2.05) is 26.8 Å². The molecule has 10 heteroatoms. The lowest BCUT2D eigenvalue weighted by atomic mass is 10.1. The average Bonchev–Trinajstić information content (AvgIpc) is 3.17. The van der Waals surface area contributed by atoms with Crippen molar-refractivity contribution in [2.75, 3.05) is 16.2 Å². The number of rotatable bonds is 5. The van der Waals surface area contributed by atoms with E-state index in [1.165, 1.54) is 4.31 Å². The van der Waals surface area contributed by atoms with Gasteiger partial charge in [-0.2, -0.15) is 0 Å². The lowest BCUT2D eigenvalue weighted by Crippen LogP contribution is -2.48. The Morgan fingerprint density at radius 2 is 1.78 bits per heavy atom. The third-order valence-corrected chi connectivity index (χ3v) is 8.87. The lowest BCUT2D eigenvalue weighted by Gasteiger charge is -2.35. The molecular formula is C26H25N3O5S2. The monoisotopic (exact) mass is 523 g/mol. The van der Waals surface area contributed by atoms with Crippen LogP contribution >= 0.6 is 11.3 Å². The van der Waals surface area contributed by atoms with Gasteiger partial charge < -0.3 is 10.1 Å². The number of fused-ring (bicyclic) bond motifs is 2. The van der Waals surface area contributed by atoms with Crippen LogP contribution in [0.2, 0.25) is 0 Å². The summed E-state index contributed by atoms with van der Waals surface area (Å²) >= 11 is 1.11. The number of aryl methyl sites for hydroxylation is 3. The molecule has 0 spiro atoms. The minimum absolute atomic E-state index is 0.0597. The van der Waals surface area contributed by atoms with Crippen molar-refractivity contribution in [3.8, 4) is 5.75 Å². The van der Waals surface area contributed by atoms with E-state index in [-0.39, 0.29) is 16.3 Å². The maximum absolute atomic E-state index is 13.6. The van der Waals surface area contributed by atoms with Gasteiger partial charge in [0.15, 0.2) is 6.10 Å². The van der Waals surface area contributed by atoms with Crippen LogP contribution in [0.25, 0.3) is 10.2 Å². The first-order chi connectivity index (χ1) is 17.2. The number of benzene rings is 3. The van der Waals surface area contributed by atoms with Crippen molar-refractivity contribution in [3.63, 3.8) is 0 Å². The van der Waals surface area contributed by atoms with Gasteiger partial charge in [0.2, 0.25) is 0 Å². The van der Waals surface area contributed by atoms with Crippen molar-refractivity contribution < 1.29 is 17.9 Å². The molecule has 2 heterocycles. The second kappa shape index (κ2) is 9.11. The first-order valence-electron chi connectivity index (χ1n) is 11.5. The molecule has 1 aromatic heterocycles. The highest BCUT2D eigenvalue weighted by atomic mass is 32.2. The standard InChI is InChI=1S/C26H25N3O5S2/c1-4-28-21-12-8-18(14-24(21)35-26(28)31)27-25(30)23-15-29(20-11-7-17(3)13-22(20)34-23)36(32,33)19-9-5-16(2)6-10-19/h5-14,23H,4,15H2,1-3H3,(H,27,30)/t23-/m1/s1. The smallest absolute Gasteiger partial charge is 0.308 e. The van der Waals surface area contributed by atoms with E-state index in [9.17, 15) is 18.0 Å². The van der Waals surface area contributed by atoms with Crippen LogP contribution in [0.5, 0.6) is 5.75 Å².